The molecule has 88 valence electrons. The van der Waals surface area contributed by atoms with Gasteiger partial charge >= 0.3 is 5.97 Å². The lowest BCUT2D eigenvalue weighted by atomic mass is 10.1. The van der Waals surface area contributed by atoms with Crippen LogP contribution < -0.4 is 5.32 Å². The van der Waals surface area contributed by atoms with Crippen molar-refractivity contribution in [2.75, 3.05) is 12.4 Å². The van der Waals surface area contributed by atoms with E-state index < -0.39 is 5.60 Å². The van der Waals surface area contributed by atoms with Crippen molar-refractivity contribution in [1.82, 2.24) is 0 Å². The molecule has 0 saturated carbocycles. The summed E-state index contributed by atoms with van der Waals surface area (Å²) in [5.41, 5.74) is 0.658. The molecule has 0 saturated heterocycles. The van der Waals surface area contributed by atoms with E-state index in [-0.39, 0.29) is 5.97 Å². The average Bonchev–Trinajstić information content (AvgIpc) is 2.14. The summed E-state index contributed by atoms with van der Waals surface area (Å²) in [6.45, 7) is 5.50. The molecule has 0 aliphatic heterocycles. The highest BCUT2D eigenvalue weighted by atomic mass is 35.5. The van der Waals surface area contributed by atoms with Crippen LogP contribution in [-0.2, 0) is 4.74 Å². The Morgan fingerprint density at radius 2 is 2.00 bits per heavy atom. The van der Waals surface area contributed by atoms with Crippen molar-refractivity contribution < 1.29 is 9.53 Å². The average molecular weight is 242 g/mol. The van der Waals surface area contributed by atoms with Crippen LogP contribution in [0.1, 0.15) is 31.1 Å². The van der Waals surface area contributed by atoms with E-state index >= 15 is 0 Å². The summed E-state index contributed by atoms with van der Waals surface area (Å²) in [7, 11) is 1.74. The number of carbonyl (C=O) groups is 1. The van der Waals surface area contributed by atoms with Gasteiger partial charge < -0.3 is 10.1 Å². The summed E-state index contributed by atoms with van der Waals surface area (Å²) in [6.07, 6.45) is 0. The molecule has 1 rings (SSSR count). The van der Waals surface area contributed by atoms with Crippen molar-refractivity contribution in [1.29, 1.82) is 0 Å². The molecule has 4 heteroatoms. The largest absolute Gasteiger partial charge is 0.456 e. The molecule has 0 bridgehead atoms. The van der Waals surface area contributed by atoms with Gasteiger partial charge in [0, 0.05) is 17.8 Å². The molecule has 3 nitrogen and oxygen atoms in total. The number of halogens is 1. The van der Waals surface area contributed by atoms with Crippen molar-refractivity contribution in [2.24, 2.45) is 0 Å². The Bertz CT molecular complexity index is 396. The molecule has 0 radical (unpaired) electrons. The maximum absolute atomic E-state index is 11.8. The monoisotopic (exact) mass is 241 g/mol. The summed E-state index contributed by atoms with van der Waals surface area (Å²) in [5, 5.41) is 3.50. The second-order valence-corrected chi connectivity index (χ2v) is 4.88. The Kier molecular flexibility index (Phi) is 3.81. The number of carbonyl (C=O) groups excluding carboxylic acids is 1. The van der Waals surface area contributed by atoms with Crippen molar-refractivity contribution in [3.8, 4) is 0 Å². The minimum atomic E-state index is -0.498. The Morgan fingerprint density at radius 1 is 1.38 bits per heavy atom. The van der Waals surface area contributed by atoms with Gasteiger partial charge in [-0.25, -0.2) is 4.79 Å². The van der Waals surface area contributed by atoms with Crippen LogP contribution in [0.3, 0.4) is 0 Å². The number of benzene rings is 1. The van der Waals surface area contributed by atoms with E-state index in [1.807, 2.05) is 20.8 Å². The number of anilines is 1. The second-order valence-electron chi connectivity index (χ2n) is 4.44. The van der Waals surface area contributed by atoms with E-state index in [1.165, 1.54) is 0 Å². The molecule has 0 fully saturated rings. The fraction of sp³-hybridized carbons (Fsp3) is 0.417. The molecule has 0 aliphatic rings. The lowest BCUT2D eigenvalue weighted by molar-refractivity contribution is 0.00707. The molecule has 1 N–H and O–H groups in total. The van der Waals surface area contributed by atoms with Gasteiger partial charge in [-0.2, -0.15) is 0 Å². The van der Waals surface area contributed by atoms with E-state index in [9.17, 15) is 4.79 Å². The molecule has 0 aliphatic carbocycles. The van der Waals surface area contributed by atoms with Crippen LogP contribution in [0.4, 0.5) is 5.69 Å². The molecular weight excluding hydrogens is 226 g/mol. The van der Waals surface area contributed by atoms with Crippen LogP contribution in [0.25, 0.3) is 0 Å². The molecule has 0 unspecified atom stereocenters. The first-order valence-corrected chi connectivity index (χ1v) is 5.42. The predicted molar refractivity (Wildman–Crippen MR) is 66.2 cm³/mol. The van der Waals surface area contributed by atoms with Crippen molar-refractivity contribution >= 4 is 23.3 Å². The number of hydrogen-bond donors (Lipinski definition) is 1. The fourth-order valence-electron chi connectivity index (χ4n) is 1.23. The smallest absolute Gasteiger partial charge is 0.340 e. The molecule has 0 heterocycles. The highest BCUT2D eigenvalue weighted by Crippen LogP contribution is 2.23. The number of esters is 1. The highest BCUT2D eigenvalue weighted by Gasteiger charge is 2.20. The molecule has 0 amide bonds. The van der Waals surface area contributed by atoms with Crippen LogP contribution in [0.15, 0.2) is 18.2 Å². The molecule has 0 aromatic heterocycles. The first-order chi connectivity index (χ1) is 7.33. The lowest BCUT2D eigenvalue weighted by Gasteiger charge is -2.20. The molecule has 16 heavy (non-hydrogen) atoms. The van der Waals surface area contributed by atoms with Crippen LogP contribution in [-0.4, -0.2) is 18.6 Å². The SMILES string of the molecule is CNc1cc(Cl)ccc1C(=O)OC(C)(C)C. The predicted octanol–water partition coefficient (Wildman–Crippen LogP) is 3.34. The number of rotatable bonds is 2. The maximum atomic E-state index is 11.8. The zero-order valence-corrected chi connectivity index (χ0v) is 10.7. The van der Waals surface area contributed by atoms with Gasteiger partial charge in [0.15, 0.2) is 0 Å². The van der Waals surface area contributed by atoms with Gasteiger partial charge in [0.1, 0.15) is 5.60 Å². The van der Waals surface area contributed by atoms with Crippen LogP contribution in [0, 0.1) is 0 Å². The minimum absolute atomic E-state index is 0.353. The van der Waals surface area contributed by atoms with Gasteiger partial charge in [-0.15, -0.1) is 0 Å². The topological polar surface area (TPSA) is 38.3 Å². The van der Waals surface area contributed by atoms with Crippen LogP contribution in [0.5, 0.6) is 0 Å². The molecule has 0 spiro atoms. The third-order valence-electron chi connectivity index (χ3n) is 1.87. The zero-order chi connectivity index (χ0) is 12.3. The Hall–Kier alpha value is -1.22. The highest BCUT2D eigenvalue weighted by molar-refractivity contribution is 6.31. The summed E-state index contributed by atoms with van der Waals surface area (Å²) >= 11 is 5.84. The van der Waals surface area contributed by atoms with Crippen LogP contribution in [0.2, 0.25) is 5.02 Å². The second kappa shape index (κ2) is 4.74. The number of hydrogen-bond acceptors (Lipinski definition) is 3. The van der Waals surface area contributed by atoms with Gasteiger partial charge in [0.2, 0.25) is 0 Å². The van der Waals surface area contributed by atoms with Crippen molar-refractivity contribution in [3.63, 3.8) is 0 Å². The molecule has 1 aromatic rings. The van der Waals surface area contributed by atoms with Gasteiger partial charge in [0.05, 0.1) is 5.56 Å². The van der Waals surface area contributed by atoms with Gasteiger partial charge in [-0.1, -0.05) is 11.6 Å². The first kappa shape index (κ1) is 12.8. The number of nitrogens with one attached hydrogen (secondary N) is 1. The molecular formula is C12H16ClNO2. The third-order valence-corrected chi connectivity index (χ3v) is 2.10. The summed E-state index contributed by atoms with van der Waals surface area (Å²) in [5.74, 6) is -0.353. The minimum Gasteiger partial charge on any atom is -0.456 e. The fourth-order valence-corrected chi connectivity index (χ4v) is 1.41. The normalized spacial score (nSPS) is 11.1. The Morgan fingerprint density at radius 3 is 2.50 bits per heavy atom. The van der Waals surface area contributed by atoms with Gasteiger partial charge in [0.25, 0.3) is 0 Å². The Balaban J connectivity index is 2.99. The quantitative estimate of drug-likeness (QED) is 0.807. The van der Waals surface area contributed by atoms with E-state index in [4.69, 9.17) is 16.3 Å². The lowest BCUT2D eigenvalue weighted by Crippen LogP contribution is -2.24. The van der Waals surface area contributed by atoms with Crippen molar-refractivity contribution in [2.45, 2.75) is 26.4 Å². The van der Waals surface area contributed by atoms with Crippen molar-refractivity contribution in [3.05, 3.63) is 28.8 Å². The van der Waals surface area contributed by atoms with Crippen LogP contribution >= 0.6 is 11.6 Å². The first-order valence-electron chi connectivity index (χ1n) is 5.04. The summed E-state index contributed by atoms with van der Waals surface area (Å²) in [6, 6.07) is 5.02. The number of ether oxygens (including phenoxy) is 1. The molecule has 1 aromatic carbocycles. The van der Waals surface area contributed by atoms with Gasteiger partial charge in [-0.3, -0.25) is 0 Å². The zero-order valence-electron chi connectivity index (χ0n) is 9.93. The summed E-state index contributed by atoms with van der Waals surface area (Å²) < 4.78 is 5.28. The maximum Gasteiger partial charge on any atom is 0.340 e. The van der Waals surface area contributed by atoms with E-state index in [0.29, 0.717) is 16.3 Å². The van der Waals surface area contributed by atoms with E-state index in [1.54, 1.807) is 25.2 Å². The standard InChI is InChI=1S/C12H16ClNO2/c1-12(2,3)16-11(15)9-6-5-8(13)7-10(9)14-4/h5-7,14H,1-4H3. The molecule has 0 atom stereocenters. The van der Waals surface area contributed by atoms with E-state index in [0.717, 1.165) is 0 Å². The summed E-state index contributed by atoms with van der Waals surface area (Å²) in [4.78, 5) is 11.8. The third kappa shape index (κ3) is 3.42. The Labute approximate surface area is 101 Å². The van der Waals surface area contributed by atoms with Gasteiger partial charge in [-0.05, 0) is 39.0 Å². The van der Waals surface area contributed by atoms with E-state index in [2.05, 4.69) is 5.32 Å².